The average Bonchev–Trinajstić information content (AvgIpc) is 2.77. The average molecular weight is 537 g/mol. The van der Waals surface area contributed by atoms with Gasteiger partial charge in [-0.25, -0.2) is 18.4 Å². The molecule has 2 aliphatic rings. The van der Waals surface area contributed by atoms with Crippen molar-refractivity contribution in [3.05, 3.63) is 50.9 Å². The van der Waals surface area contributed by atoms with Crippen LogP contribution >= 0.6 is 27.7 Å². The first-order chi connectivity index (χ1) is 15.8. The zero-order valence-corrected chi connectivity index (χ0v) is 19.9. The van der Waals surface area contributed by atoms with Gasteiger partial charge in [-0.3, -0.25) is 4.57 Å². The Labute approximate surface area is 200 Å². The van der Waals surface area contributed by atoms with Gasteiger partial charge < -0.3 is 14.9 Å². The SMILES string of the molecule is CC1CN(C(=O)O)CCN1c1nc(=O)n2c3c(c(-c4ccc(F)cc4F)c(Br)cc13)SCC2. The Morgan fingerprint density at radius 3 is 2.73 bits per heavy atom. The number of piperazine rings is 1. The van der Waals surface area contributed by atoms with Crippen molar-refractivity contribution >= 4 is 50.5 Å². The molecule has 0 spiro atoms. The predicted molar refractivity (Wildman–Crippen MR) is 126 cm³/mol. The topological polar surface area (TPSA) is 78.7 Å². The number of carbonyl (C=O) groups is 1. The lowest BCUT2D eigenvalue weighted by molar-refractivity contribution is 0.136. The van der Waals surface area contributed by atoms with Gasteiger partial charge in [0.25, 0.3) is 0 Å². The highest BCUT2D eigenvalue weighted by atomic mass is 79.9. The van der Waals surface area contributed by atoms with E-state index in [4.69, 9.17) is 0 Å². The quantitative estimate of drug-likeness (QED) is 0.523. The molecule has 1 unspecified atom stereocenters. The molecular formula is C22H19BrF2N4O3S. The number of nitrogens with zero attached hydrogens (tertiary/aromatic N) is 4. The molecule has 0 bridgehead atoms. The minimum absolute atomic E-state index is 0.187. The lowest BCUT2D eigenvalue weighted by Gasteiger charge is -2.40. The molecule has 5 rings (SSSR count). The summed E-state index contributed by atoms with van der Waals surface area (Å²) in [5.41, 5.74) is 1.07. The van der Waals surface area contributed by atoms with E-state index in [1.165, 1.54) is 28.8 Å². The summed E-state index contributed by atoms with van der Waals surface area (Å²) in [5, 5.41) is 10.1. The van der Waals surface area contributed by atoms with Crippen molar-refractivity contribution in [2.75, 3.05) is 30.3 Å². The van der Waals surface area contributed by atoms with Gasteiger partial charge in [0.15, 0.2) is 0 Å². The third-order valence-corrected chi connectivity index (χ3v) is 7.78. The first-order valence-electron chi connectivity index (χ1n) is 10.4. The highest BCUT2D eigenvalue weighted by Crippen LogP contribution is 2.46. The molecule has 0 saturated carbocycles. The van der Waals surface area contributed by atoms with Crippen LogP contribution in [0.5, 0.6) is 0 Å². The second-order valence-corrected chi connectivity index (χ2v) is 10.0. The zero-order valence-electron chi connectivity index (χ0n) is 17.5. The molecule has 1 aromatic heterocycles. The number of thioether (sulfide) groups is 1. The molecule has 1 N–H and O–H groups in total. The molecule has 1 fully saturated rings. The van der Waals surface area contributed by atoms with Crippen molar-refractivity contribution in [1.82, 2.24) is 14.5 Å². The molecule has 0 aliphatic carbocycles. The Hall–Kier alpha value is -2.66. The minimum atomic E-state index is -0.975. The van der Waals surface area contributed by atoms with Crippen LogP contribution < -0.4 is 10.6 Å². The van der Waals surface area contributed by atoms with Gasteiger partial charge in [0.2, 0.25) is 0 Å². The maximum absolute atomic E-state index is 14.7. The predicted octanol–water partition coefficient (Wildman–Crippen LogP) is 4.40. The number of rotatable bonds is 2. The fourth-order valence-electron chi connectivity index (χ4n) is 4.56. The van der Waals surface area contributed by atoms with Crippen LogP contribution in [0.1, 0.15) is 6.92 Å². The van der Waals surface area contributed by atoms with Gasteiger partial charge in [0.1, 0.15) is 17.5 Å². The number of benzene rings is 2. The van der Waals surface area contributed by atoms with E-state index in [1.54, 1.807) is 4.57 Å². The summed E-state index contributed by atoms with van der Waals surface area (Å²) in [4.78, 5) is 32.8. The number of carboxylic acid groups (broad SMARTS) is 1. The summed E-state index contributed by atoms with van der Waals surface area (Å²) in [5.74, 6) is -0.242. The lowest BCUT2D eigenvalue weighted by atomic mass is 10.0. The van der Waals surface area contributed by atoms with E-state index in [1.807, 2.05) is 17.9 Å². The molecule has 7 nitrogen and oxygen atoms in total. The number of anilines is 1. The Morgan fingerprint density at radius 1 is 1.24 bits per heavy atom. The summed E-state index contributed by atoms with van der Waals surface area (Å²) >= 11 is 5.09. The van der Waals surface area contributed by atoms with Crippen molar-refractivity contribution in [1.29, 1.82) is 0 Å². The Kier molecular flexibility index (Phi) is 5.56. The van der Waals surface area contributed by atoms with Crippen molar-refractivity contribution in [3.8, 4) is 11.1 Å². The Balaban J connectivity index is 1.74. The fraction of sp³-hybridized carbons (Fsp3) is 0.318. The summed E-state index contributed by atoms with van der Waals surface area (Å²) in [6.45, 7) is 3.35. The van der Waals surface area contributed by atoms with Crippen LogP contribution in [-0.2, 0) is 6.54 Å². The van der Waals surface area contributed by atoms with Crippen molar-refractivity contribution in [2.24, 2.45) is 0 Å². The molecule has 11 heteroatoms. The second kappa shape index (κ2) is 8.28. The number of halogens is 3. The minimum Gasteiger partial charge on any atom is -0.465 e. The first-order valence-corrected chi connectivity index (χ1v) is 12.1. The van der Waals surface area contributed by atoms with Gasteiger partial charge in [0, 0.05) is 69.9 Å². The standard InChI is InChI=1S/C22H19BrF2N4O3S/c1-11-10-27(22(31)32)4-5-28(11)20-14-9-15(23)17(13-3-2-12(24)8-16(13)25)19-18(14)29(6-7-33-19)21(30)26-20/h2-3,8-9,11H,4-7,10H2,1H3,(H,31,32). The lowest BCUT2D eigenvalue weighted by Crippen LogP contribution is -2.54. The van der Waals surface area contributed by atoms with Crippen molar-refractivity contribution < 1.29 is 18.7 Å². The summed E-state index contributed by atoms with van der Waals surface area (Å²) in [6.07, 6.45) is -0.975. The molecule has 0 radical (unpaired) electrons. The maximum atomic E-state index is 14.7. The van der Waals surface area contributed by atoms with Crippen LogP contribution in [0.2, 0.25) is 0 Å². The molecular weight excluding hydrogens is 518 g/mol. The normalized spacial score (nSPS) is 18.1. The van der Waals surface area contributed by atoms with Crippen LogP contribution in [0.25, 0.3) is 22.0 Å². The Bertz CT molecular complexity index is 1370. The molecule has 172 valence electrons. The molecule has 3 heterocycles. The van der Waals surface area contributed by atoms with Crippen LogP contribution in [0.15, 0.2) is 38.4 Å². The van der Waals surface area contributed by atoms with E-state index in [2.05, 4.69) is 20.9 Å². The third kappa shape index (κ3) is 3.67. The highest BCUT2D eigenvalue weighted by molar-refractivity contribution is 9.10. The number of hydrogen-bond acceptors (Lipinski definition) is 5. The van der Waals surface area contributed by atoms with E-state index in [0.29, 0.717) is 53.3 Å². The molecule has 1 amide bonds. The third-order valence-electron chi connectivity index (χ3n) is 6.08. The van der Waals surface area contributed by atoms with Gasteiger partial charge >= 0.3 is 11.8 Å². The van der Waals surface area contributed by atoms with Gasteiger partial charge in [-0.05, 0) is 25.1 Å². The molecule has 2 aliphatic heterocycles. The van der Waals surface area contributed by atoms with Gasteiger partial charge in [0.05, 0.1) is 5.52 Å². The fourth-order valence-corrected chi connectivity index (χ4v) is 6.53. The Morgan fingerprint density at radius 2 is 2.03 bits per heavy atom. The van der Waals surface area contributed by atoms with Crippen molar-refractivity contribution in [2.45, 2.75) is 24.4 Å². The summed E-state index contributed by atoms with van der Waals surface area (Å²) < 4.78 is 30.5. The summed E-state index contributed by atoms with van der Waals surface area (Å²) in [6, 6.07) is 5.09. The van der Waals surface area contributed by atoms with E-state index in [9.17, 15) is 23.5 Å². The smallest absolute Gasteiger partial charge is 0.407 e. The molecule has 1 atom stereocenters. The molecule has 1 saturated heterocycles. The zero-order chi connectivity index (χ0) is 23.4. The van der Waals surface area contributed by atoms with E-state index < -0.39 is 23.4 Å². The summed E-state index contributed by atoms with van der Waals surface area (Å²) in [7, 11) is 0. The second-order valence-electron chi connectivity index (χ2n) is 8.07. The van der Waals surface area contributed by atoms with E-state index >= 15 is 0 Å². The largest absolute Gasteiger partial charge is 0.465 e. The highest BCUT2D eigenvalue weighted by Gasteiger charge is 2.31. The van der Waals surface area contributed by atoms with Gasteiger partial charge in [-0.1, -0.05) is 15.9 Å². The van der Waals surface area contributed by atoms with Gasteiger partial charge in [-0.15, -0.1) is 11.8 Å². The maximum Gasteiger partial charge on any atom is 0.407 e. The van der Waals surface area contributed by atoms with Crippen LogP contribution in [0.4, 0.5) is 19.4 Å². The van der Waals surface area contributed by atoms with Crippen LogP contribution in [0, 0.1) is 11.6 Å². The number of hydrogen-bond donors (Lipinski definition) is 1. The number of amides is 1. The van der Waals surface area contributed by atoms with Crippen molar-refractivity contribution in [3.63, 3.8) is 0 Å². The van der Waals surface area contributed by atoms with Crippen LogP contribution in [-0.4, -0.2) is 57.1 Å². The number of aryl methyl sites for hydroxylation is 1. The van der Waals surface area contributed by atoms with E-state index in [-0.39, 0.29) is 11.6 Å². The molecule has 2 aromatic carbocycles. The van der Waals surface area contributed by atoms with E-state index in [0.717, 1.165) is 16.3 Å². The first kappa shape index (κ1) is 22.1. The molecule has 3 aromatic rings. The number of aromatic nitrogens is 2. The van der Waals surface area contributed by atoms with Crippen LogP contribution in [0.3, 0.4) is 0 Å². The molecule has 33 heavy (non-hydrogen) atoms. The monoisotopic (exact) mass is 536 g/mol. The van der Waals surface area contributed by atoms with Gasteiger partial charge in [-0.2, -0.15) is 4.98 Å².